The molecule has 1 aromatic carbocycles. The quantitative estimate of drug-likeness (QED) is 0.616. The van der Waals surface area contributed by atoms with Crippen molar-refractivity contribution >= 4 is 11.6 Å². The highest BCUT2D eigenvalue weighted by Crippen LogP contribution is 2.24. The molecule has 2 rings (SSSR count). The van der Waals surface area contributed by atoms with Crippen LogP contribution in [0.1, 0.15) is 10.4 Å². The van der Waals surface area contributed by atoms with Crippen molar-refractivity contribution in [1.29, 1.82) is 0 Å². The molecule has 114 valence electrons. The van der Waals surface area contributed by atoms with Crippen molar-refractivity contribution in [3.05, 3.63) is 39.7 Å². The number of nitro benzene ring substituents is 1. The molecular formula is C13H15FN2O5. The number of ether oxygens (including phenoxy) is 2. The number of benzene rings is 1. The molecule has 2 atom stereocenters. The summed E-state index contributed by atoms with van der Waals surface area (Å²) in [7, 11) is 2.99. The summed E-state index contributed by atoms with van der Waals surface area (Å²) in [4.78, 5) is 24.0. The Labute approximate surface area is 120 Å². The number of nitrogens with zero attached hydrogens (tertiary/aromatic N) is 2. The molecule has 21 heavy (non-hydrogen) atoms. The Morgan fingerprint density at radius 1 is 1.33 bits per heavy atom. The molecule has 7 nitrogen and oxygen atoms in total. The molecule has 0 aliphatic carbocycles. The van der Waals surface area contributed by atoms with Crippen LogP contribution >= 0.6 is 0 Å². The molecule has 1 heterocycles. The molecule has 0 spiro atoms. The third kappa shape index (κ3) is 3.01. The number of hydrogen-bond donors (Lipinski definition) is 0. The van der Waals surface area contributed by atoms with Crippen molar-refractivity contribution in [3.63, 3.8) is 0 Å². The molecular weight excluding hydrogens is 283 g/mol. The fraction of sp³-hybridized carbons (Fsp3) is 0.462. The van der Waals surface area contributed by atoms with Crippen LogP contribution < -0.4 is 0 Å². The van der Waals surface area contributed by atoms with E-state index in [0.29, 0.717) is 0 Å². The highest BCUT2D eigenvalue weighted by atomic mass is 19.1. The van der Waals surface area contributed by atoms with Gasteiger partial charge in [-0.1, -0.05) is 0 Å². The van der Waals surface area contributed by atoms with E-state index >= 15 is 0 Å². The SMILES string of the molecule is CO[C@@H]1CN(C(=O)c2cc(F)ccc2[N+](=O)[O-])C[C@H]1OC. The summed E-state index contributed by atoms with van der Waals surface area (Å²) in [6.45, 7) is 0.475. The minimum Gasteiger partial charge on any atom is -0.377 e. The van der Waals surface area contributed by atoms with E-state index in [1.165, 1.54) is 19.1 Å². The minimum absolute atomic E-state index is 0.238. The van der Waals surface area contributed by atoms with E-state index in [2.05, 4.69) is 0 Å². The maximum atomic E-state index is 13.3. The van der Waals surface area contributed by atoms with Crippen LogP contribution in [-0.2, 0) is 9.47 Å². The summed E-state index contributed by atoms with van der Waals surface area (Å²) >= 11 is 0. The molecule has 0 N–H and O–H groups in total. The smallest absolute Gasteiger partial charge is 0.282 e. The van der Waals surface area contributed by atoms with Gasteiger partial charge in [-0.2, -0.15) is 0 Å². The van der Waals surface area contributed by atoms with E-state index in [4.69, 9.17) is 9.47 Å². The van der Waals surface area contributed by atoms with Crippen LogP contribution in [0.4, 0.5) is 10.1 Å². The summed E-state index contributed by atoms with van der Waals surface area (Å²) in [6, 6.07) is 2.82. The van der Waals surface area contributed by atoms with E-state index in [0.717, 1.165) is 18.2 Å². The predicted molar refractivity (Wildman–Crippen MR) is 70.6 cm³/mol. The van der Waals surface area contributed by atoms with Crippen molar-refractivity contribution in [2.75, 3.05) is 27.3 Å². The number of halogens is 1. The zero-order valence-corrected chi connectivity index (χ0v) is 11.6. The highest BCUT2D eigenvalue weighted by molar-refractivity contribution is 5.98. The first-order valence-electron chi connectivity index (χ1n) is 6.26. The number of carbonyl (C=O) groups is 1. The van der Waals surface area contributed by atoms with E-state index < -0.39 is 22.3 Å². The van der Waals surface area contributed by atoms with Crippen molar-refractivity contribution in [2.24, 2.45) is 0 Å². The van der Waals surface area contributed by atoms with Crippen molar-refractivity contribution in [3.8, 4) is 0 Å². The van der Waals surface area contributed by atoms with Gasteiger partial charge in [0.25, 0.3) is 11.6 Å². The lowest BCUT2D eigenvalue weighted by atomic mass is 10.1. The normalized spacial score (nSPS) is 21.6. The summed E-state index contributed by atoms with van der Waals surface area (Å²) < 4.78 is 23.7. The Morgan fingerprint density at radius 3 is 2.38 bits per heavy atom. The van der Waals surface area contributed by atoms with Gasteiger partial charge in [-0.15, -0.1) is 0 Å². The summed E-state index contributed by atoms with van der Waals surface area (Å²) in [6.07, 6.45) is -0.627. The van der Waals surface area contributed by atoms with Gasteiger partial charge in [0.15, 0.2) is 0 Å². The summed E-state index contributed by atoms with van der Waals surface area (Å²) in [5.41, 5.74) is -0.692. The second kappa shape index (κ2) is 6.15. The molecule has 0 aromatic heterocycles. The van der Waals surface area contributed by atoms with Gasteiger partial charge in [-0.25, -0.2) is 4.39 Å². The minimum atomic E-state index is -0.704. The summed E-state index contributed by atoms with van der Waals surface area (Å²) in [5, 5.41) is 11.0. The largest absolute Gasteiger partial charge is 0.377 e. The zero-order chi connectivity index (χ0) is 15.6. The van der Waals surface area contributed by atoms with Crippen LogP contribution in [0.5, 0.6) is 0 Å². The fourth-order valence-electron chi connectivity index (χ4n) is 2.37. The number of carbonyl (C=O) groups excluding carboxylic acids is 1. The molecule has 0 unspecified atom stereocenters. The fourth-order valence-corrected chi connectivity index (χ4v) is 2.37. The van der Waals surface area contributed by atoms with Crippen molar-refractivity contribution in [2.45, 2.75) is 12.2 Å². The van der Waals surface area contributed by atoms with E-state index in [1.807, 2.05) is 0 Å². The van der Waals surface area contributed by atoms with Crippen LogP contribution in [0, 0.1) is 15.9 Å². The van der Waals surface area contributed by atoms with Crippen molar-refractivity contribution < 1.29 is 23.6 Å². The number of amides is 1. The van der Waals surface area contributed by atoms with Gasteiger partial charge in [-0.3, -0.25) is 14.9 Å². The van der Waals surface area contributed by atoms with Crippen molar-refractivity contribution in [1.82, 2.24) is 4.90 Å². The number of nitro groups is 1. The van der Waals surface area contributed by atoms with Gasteiger partial charge in [0, 0.05) is 33.4 Å². The molecule has 1 aromatic rings. The lowest BCUT2D eigenvalue weighted by Gasteiger charge is -2.15. The van der Waals surface area contributed by atoms with E-state index in [1.54, 1.807) is 0 Å². The predicted octanol–water partition coefficient (Wildman–Crippen LogP) is 1.22. The molecule has 0 saturated carbocycles. The maximum Gasteiger partial charge on any atom is 0.282 e. The third-order valence-electron chi connectivity index (χ3n) is 3.49. The first-order chi connectivity index (χ1) is 9.97. The maximum absolute atomic E-state index is 13.3. The molecule has 0 bridgehead atoms. The molecule has 8 heteroatoms. The zero-order valence-electron chi connectivity index (χ0n) is 11.6. The lowest BCUT2D eigenvalue weighted by molar-refractivity contribution is -0.385. The number of likely N-dealkylation sites (tertiary alicyclic amines) is 1. The number of rotatable bonds is 4. The lowest BCUT2D eigenvalue weighted by Crippen LogP contribution is -2.30. The van der Waals surface area contributed by atoms with Gasteiger partial charge < -0.3 is 14.4 Å². The van der Waals surface area contributed by atoms with Gasteiger partial charge in [0.05, 0.1) is 4.92 Å². The first kappa shape index (κ1) is 15.3. The average Bonchev–Trinajstić information content (AvgIpc) is 2.89. The van der Waals surface area contributed by atoms with Crippen LogP contribution in [0.15, 0.2) is 18.2 Å². The number of methoxy groups -OCH3 is 2. The monoisotopic (exact) mass is 298 g/mol. The molecule has 1 aliphatic heterocycles. The second-order valence-corrected chi connectivity index (χ2v) is 4.68. The van der Waals surface area contributed by atoms with Crippen LogP contribution in [0.2, 0.25) is 0 Å². The van der Waals surface area contributed by atoms with E-state index in [9.17, 15) is 19.3 Å². The highest BCUT2D eigenvalue weighted by Gasteiger charge is 2.37. The Balaban J connectivity index is 2.29. The first-order valence-corrected chi connectivity index (χ1v) is 6.26. The Bertz CT molecular complexity index is 553. The average molecular weight is 298 g/mol. The topological polar surface area (TPSA) is 81.9 Å². The van der Waals surface area contributed by atoms with Gasteiger partial charge in [0.2, 0.25) is 0 Å². The molecule has 1 amide bonds. The van der Waals surface area contributed by atoms with Gasteiger partial charge >= 0.3 is 0 Å². The van der Waals surface area contributed by atoms with Crippen LogP contribution in [-0.4, -0.2) is 55.2 Å². The second-order valence-electron chi connectivity index (χ2n) is 4.68. The van der Waals surface area contributed by atoms with Gasteiger partial charge in [0.1, 0.15) is 23.6 Å². The molecule has 1 aliphatic rings. The van der Waals surface area contributed by atoms with Crippen LogP contribution in [0.3, 0.4) is 0 Å². The molecule has 0 radical (unpaired) electrons. The molecule has 1 fully saturated rings. The van der Waals surface area contributed by atoms with E-state index in [-0.39, 0.29) is 30.9 Å². The van der Waals surface area contributed by atoms with Gasteiger partial charge in [-0.05, 0) is 12.1 Å². The molecule has 1 saturated heterocycles. The Hall–Kier alpha value is -2.06. The van der Waals surface area contributed by atoms with Crippen LogP contribution in [0.25, 0.3) is 0 Å². The Kier molecular flexibility index (Phi) is 4.49. The number of hydrogen-bond acceptors (Lipinski definition) is 5. The Morgan fingerprint density at radius 2 is 1.90 bits per heavy atom. The third-order valence-corrected chi connectivity index (χ3v) is 3.49. The standard InChI is InChI=1S/C13H15FN2O5/c1-20-11-6-15(7-12(11)21-2)13(17)9-5-8(14)3-4-10(9)16(18)19/h3-5,11-12H,6-7H2,1-2H3/t11-,12-/m1/s1. The summed E-state index contributed by atoms with van der Waals surface area (Å²) in [5.74, 6) is -1.31.